The van der Waals surface area contributed by atoms with Gasteiger partial charge in [0, 0.05) is 28.6 Å². The number of hydrogen-bond acceptors (Lipinski definition) is 1. The highest BCUT2D eigenvalue weighted by atomic mass is 79.9. The molecule has 0 spiro atoms. The van der Waals surface area contributed by atoms with Crippen molar-refractivity contribution in [1.82, 2.24) is 4.90 Å². The van der Waals surface area contributed by atoms with E-state index in [1.54, 1.807) is 0 Å². The van der Waals surface area contributed by atoms with Crippen LogP contribution in [0.3, 0.4) is 0 Å². The summed E-state index contributed by atoms with van der Waals surface area (Å²) in [4.78, 5) is 12.9. The molecule has 1 aromatic rings. The van der Waals surface area contributed by atoms with Gasteiger partial charge in [-0.3, -0.25) is 4.79 Å². The van der Waals surface area contributed by atoms with Gasteiger partial charge < -0.3 is 4.90 Å². The second-order valence-electron chi connectivity index (χ2n) is 4.37. The van der Waals surface area contributed by atoms with E-state index in [2.05, 4.69) is 15.9 Å². The Morgan fingerprint density at radius 3 is 2.58 bits per heavy atom. The molecular formula is C12H10BrF4NO. The Balaban J connectivity index is 2.23. The lowest BCUT2D eigenvalue weighted by Gasteiger charge is -2.16. The van der Waals surface area contributed by atoms with Crippen LogP contribution in [-0.2, 0) is 0 Å². The van der Waals surface area contributed by atoms with Crippen molar-refractivity contribution in [3.05, 3.63) is 33.8 Å². The Hall–Kier alpha value is -1.11. The molecule has 1 fully saturated rings. The van der Waals surface area contributed by atoms with Crippen molar-refractivity contribution >= 4 is 21.8 Å². The molecule has 0 aliphatic carbocycles. The van der Waals surface area contributed by atoms with Crippen molar-refractivity contribution in [2.24, 2.45) is 0 Å². The third-order valence-corrected chi connectivity index (χ3v) is 3.66. The Labute approximate surface area is 115 Å². The first kappa shape index (κ1) is 14.3. The number of nitrogens with zero attached hydrogens (tertiary/aromatic N) is 1. The summed E-state index contributed by atoms with van der Waals surface area (Å²) in [6, 6.07) is 3.70. The molecule has 1 aliphatic rings. The summed E-state index contributed by atoms with van der Waals surface area (Å²) in [6.07, 6.45) is -3.13. The lowest BCUT2D eigenvalue weighted by molar-refractivity contribution is 0.0120. The number of benzene rings is 1. The summed E-state index contributed by atoms with van der Waals surface area (Å²) < 4.78 is 51.6. The van der Waals surface area contributed by atoms with E-state index in [4.69, 9.17) is 0 Å². The van der Waals surface area contributed by atoms with Crippen LogP contribution in [0.1, 0.15) is 28.8 Å². The summed E-state index contributed by atoms with van der Waals surface area (Å²) in [5.41, 5.74) is -0.326. The molecule has 7 heteroatoms. The van der Waals surface area contributed by atoms with E-state index in [0.717, 1.165) is 11.0 Å². The zero-order valence-electron chi connectivity index (χ0n) is 9.68. The molecule has 0 N–H and O–H groups in total. The summed E-state index contributed by atoms with van der Waals surface area (Å²) in [7, 11) is 0. The van der Waals surface area contributed by atoms with Crippen molar-refractivity contribution in [1.29, 1.82) is 0 Å². The molecule has 1 heterocycles. The monoisotopic (exact) mass is 339 g/mol. The summed E-state index contributed by atoms with van der Waals surface area (Å²) in [5, 5.41) is 0. The smallest absolute Gasteiger partial charge is 0.267 e. The maximum Gasteiger partial charge on any atom is 0.267 e. The topological polar surface area (TPSA) is 20.3 Å². The fraction of sp³-hybridized carbons (Fsp3) is 0.417. The van der Waals surface area contributed by atoms with E-state index in [0.29, 0.717) is 0 Å². The first-order valence-electron chi connectivity index (χ1n) is 5.55. The average Bonchev–Trinajstić information content (AvgIpc) is 2.69. The Kier molecular flexibility index (Phi) is 3.85. The maximum atomic E-state index is 13.0. The minimum Gasteiger partial charge on any atom is -0.332 e. The molecule has 1 aliphatic heterocycles. The highest BCUT2D eigenvalue weighted by Crippen LogP contribution is 2.31. The number of rotatable bonds is 2. The number of hydrogen-bond donors (Lipinski definition) is 0. The number of carbonyl (C=O) groups excluding carboxylic acids is 1. The zero-order valence-corrected chi connectivity index (χ0v) is 11.3. The Bertz CT molecular complexity index is 507. The second kappa shape index (κ2) is 5.11. The molecule has 1 amide bonds. The summed E-state index contributed by atoms with van der Waals surface area (Å²) in [5.74, 6) is -3.54. The van der Waals surface area contributed by atoms with Crippen LogP contribution in [0.15, 0.2) is 22.7 Å². The van der Waals surface area contributed by atoms with Gasteiger partial charge in [-0.15, -0.1) is 0 Å². The molecule has 1 saturated heterocycles. The molecule has 0 atom stereocenters. The van der Waals surface area contributed by atoms with Crippen LogP contribution >= 0.6 is 15.9 Å². The maximum absolute atomic E-state index is 13.0. The number of alkyl halides is 4. The van der Waals surface area contributed by atoms with Gasteiger partial charge >= 0.3 is 0 Å². The first-order valence-corrected chi connectivity index (χ1v) is 6.34. The molecule has 0 bridgehead atoms. The molecular weight excluding hydrogens is 330 g/mol. The number of amides is 1. The minimum absolute atomic E-state index is 0.00352. The number of likely N-dealkylation sites (tertiary alicyclic amines) is 1. The predicted molar refractivity (Wildman–Crippen MR) is 64.6 cm³/mol. The highest BCUT2D eigenvalue weighted by molar-refractivity contribution is 9.10. The third kappa shape index (κ3) is 3.08. The van der Waals surface area contributed by atoms with Crippen LogP contribution in [0.4, 0.5) is 17.6 Å². The van der Waals surface area contributed by atoms with Crippen LogP contribution in [0, 0.1) is 0 Å². The van der Waals surface area contributed by atoms with E-state index in [9.17, 15) is 22.4 Å². The molecule has 0 aromatic heterocycles. The van der Waals surface area contributed by atoms with Crippen molar-refractivity contribution < 1.29 is 22.4 Å². The largest absolute Gasteiger partial charge is 0.332 e. The van der Waals surface area contributed by atoms with Crippen LogP contribution in [0.5, 0.6) is 0 Å². The molecule has 0 saturated carbocycles. The standard InChI is InChI=1S/C12H10BrF4NO/c13-9-2-1-7(5-8(9)10(14)15)11(19)18-4-3-12(16,17)6-18/h1-2,5,10H,3-4,6H2. The van der Waals surface area contributed by atoms with Crippen molar-refractivity contribution in [2.75, 3.05) is 13.1 Å². The zero-order chi connectivity index (χ0) is 14.2. The van der Waals surface area contributed by atoms with E-state index in [-0.39, 0.29) is 22.1 Å². The van der Waals surface area contributed by atoms with Gasteiger partial charge in [-0.1, -0.05) is 15.9 Å². The summed E-state index contributed by atoms with van der Waals surface area (Å²) in [6.45, 7) is -0.724. The predicted octanol–water partition coefficient (Wildman–Crippen LogP) is 3.87. The quantitative estimate of drug-likeness (QED) is 0.749. The van der Waals surface area contributed by atoms with Gasteiger partial charge in [0.25, 0.3) is 18.3 Å². The average molecular weight is 340 g/mol. The Morgan fingerprint density at radius 1 is 1.37 bits per heavy atom. The van der Waals surface area contributed by atoms with Gasteiger partial charge in [-0.25, -0.2) is 17.6 Å². The lowest BCUT2D eigenvalue weighted by atomic mass is 10.1. The van der Waals surface area contributed by atoms with Gasteiger partial charge in [0.05, 0.1) is 6.54 Å². The first-order chi connectivity index (χ1) is 8.80. The molecule has 19 heavy (non-hydrogen) atoms. The molecule has 2 rings (SSSR count). The van der Waals surface area contributed by atoms with Gasteiger partial charge in [-0.2, -0.15) is 0 Å². The van der Waals surface area contributed by atoms with Gasteiger partial charge in [0.15, 0.2) is 0 Å². The van der Waals surface area contributed by atoms with Gasteiger partial charge in [-0.05, 0) is 18.2 Å². The molecule has 0 radical (unpaired) electrons. The second-order valence-corrected chi connectivity index (χ2v) is 5.22. The van der Waals surface area contributed by atoms with Crippen LogP contribution < -0.4 is 0 Å². The normalized spacial score (nSPS) is 18.1. The minimum atomic E-state index is -2.89. The third-order valence-electron chi connectivity index (χ3n) is 2.93. The van der Waals surface area contributed by atoms with Crippen LogP contribution in [0.2, 0.25) is 0 Å². The van der Waals surface area contributed by atoms with E-state index >= 15 is 0 Å². The van der Waals surface area contributed by atoms with Gasteiger partial charge in [0.1, 0.15) is 0 Å². The fourth-order valence-corrected chi connectivity index (χ4v) is 2.36. The van der Waals surface area contributed by atoms with Crippen LogP contribution in [-0.4, -0.2) is 29.8 Å². The fourth-order valence-electron chi connectivity index (χ4n) is 1.94. The lowest BCUT2D eigenvalue weighted by Crippen LogP contribution is -2.31. The SMILES string of the molecule is O=C(c1ccc(Br)c(C(F)F)c1)N1CCC(F)(F)C1. The van der Waals surface area contributed by atoms with E-state index in [1.807, 2.05) is 0 Å². The Morgan fingerprint density at radius 2 is 2.05 bits per heavy atom. The summed E-state index contributed by atoms with van der Waals surface area (Å²) >= 11 is 2.96. The highest BCUT2D eigenvalue weighted by Gasteiger charge is 2.40. The molecule has 0 unspecified atom stereocenters. The van der Waals surface area contributed by atoms with Crippen molar-refractivity contribution in [2.45, 2.75) is 18.8 Å². The van der Waals surface area contributed by atoms with E-state index < -0.39 is 31.2 Å². The number of halogens is 5. The van der Waals surface area contributed by atoms with E-state index in [1.165, 1.54) is 12.1 Å². The molecule has 2 nitrogen and oxygen atoms in total. The number of carbonyl (C=O) groups is 1. The van der Waals surface area contributed by atoms with Crippen molar-refractivity contribution in [3.63, 3.8) is 0 Å². The van der Waals surface area contributed by atoms with Crippen LogP contribution in [0.25, 0.3) is 0 Å². The van der Waals surface area contributed by atoms with Crippen molar-refractivity contribution in [3.8, 4) is 0 Å². The molecule has 1 aromatic carbocycles. The van der Waals surface area contributed by atoms with Gasteiger partial charge in [0.2, 0.25) is 0 Å². The molecule has 104 valence electrons.